The molecule has 0 aromatic heterocycles. The van der Waals surface area contributed by atoms with Crippen molar-refractivity contribution >= 4 is 23.3 Å². The summed E-state index contributed by atoms with van der Waals surface area (Å²) in [6.07, 6.45) is 0. The maximum atomic E-state index is 11.7. The first-order chi connectivity index (χ1) is 11.4. The summed E-state index contributed by atoms with van der Waals surface area (Å²) in [6, 6.07) is 15.0. The Balaban J connectivity index is 1.96. The van der Waals surface area contributed by atoms with E-state index in [1.165, 1.54) is 5.56 Å². The van der Waals surface area contributed by atoms with Crippen LogP contribution in [-0.4, -0.2) is 42.5 Å². The van der Waals surface area contributed by atoms with Gasteiger partial charge in [0.05, 0.1) is 0 Å². The van der Waals surface area contributed by atoms with E-state index in [0.717, 1.165) is 17.9 Å². The van der Waals surface area contributed by atoms with Gasteiger partial charge in [0.15, 0.2) is 0 Å². The van der Waals surface area contributed by atoms with Gasteiger partial charge in [-0.3, -0.25) is 9.59 Å². The van der Waals surface area contributed by atoms with E-state index in [2.05, 4.69) is 27.7 Å². The first kappa shape index (κ1) is 17.5. The van der Waals surface area contributed by atoms with E-state index in [1.54, 1.807) is 24.3 Å². The van der Waals surface area contributed by atoms with Crippen molar-refractivity contribution in [1.29, 1.82) is 0 Å². The topological polar surface area (TPSA) is 81.7 Å². The standard InChI is InChI=1S/C18H21N3O3/c1-21(2)12-13-3-7-15(8-4-13)20-16-9-5-14(6-10-16)18(24)19-11-17(22)23/h3-10,20H,11-12H2,1-2H3,(H,19,24)(H,22,23). The maximum Gasteiger partial charge on any atom is 0.322 e. The Hall–Kier alpha value is -2.86. The Labute approximate surface area is 141 Å². The molecule has 0 unspecified atom stereocenters. The lowest BCUT2D eigenvalue weighted by atomic mass is 10.1. The van der Waals surface area contributed by atoms with Crippen molar-refractivity contribution in [2.75, 3.05) is 26.0 Å². The van der Waals surface area contributed by atoms with Gasteiger partial charge in [-0.05, 0) is 56.1 Å². The van der Waals surface area contributed by atoms with Gasteiger partial charge in [0.2, 0.25) is 0 Å². The lowest BCUT2D eigenvalue weighted by Gasteiger charge is -2.11. The van der Waals surface area contributed by atoms with Crippen molar-refractivity contribution in [3.63, 3.8) is 0 Å². The molecule has 2 rings (SSSR count). The molecule has 0 fully saturated rings. The van der Waals surface area contributed by atoms with Crippen LogP contribution in [-0.2, 0) is 11.3 Å². The third-order valence-corrected chi connectivity index (χ3v) is 3.29. The molecule has 1 amide bonds. The van der Waals surface area contributed by atoms with Crippen LogP contribution in [0.25, 0.3) is 0 Å². The number of carboxylic acids is 1. The van der Waals surface area contributed by atoms with Gasteiger partial charge in [0.1, 0.15) is 6.54 Å². The molecular weight excluding hydrogens is 306 g/mol. The fraction of sp³-hybridized carbons (Fsp3) is 0.222. The predicted octanol–water partition coefficient (Wildman–Crippen LogP) is 2.31. The highest BCUT2D eigenvalue weighted by atomic mass is 16.4. The molecule has 0 aliphatic rings. The molecule has 0 bridgehead atoms. The maximum absolute atomic E-state index is 11.7. The van der Waals surface area contributed by atoms with Crippen molar-refractivity contribution < 1.29 is 14.7 Å². The molecule has 0 saturated carbocycles. The molecule has 0 aliphatic heterocycles. The van der Waals surface area contributed by atoms with Crippen LogP contribution in [0.15, 0.2) is 48.5 Å². The monoisotopic (exact) mass is 327 g/mol. The quantitative estimate of drug-likeness (QED) is 0.727. The average molecular weight is 327 g/mol. The Kier molecular flexibility index (Phi) is 5.92. The van der Waals surface area contributed by atoms with E-state index >= 15 is 0 Å². The molecule has 24 heavy (non-hydrogen) atoms. The molecular formula is C18H21N3O3. The summed E-state index contributed by atoms with van der Waals surface area (Å²) in [5.41, 5.74) is 3.46. The highest BCUT2D eigenvalue weighted by Crippen LogP contribution is 2.18. The number of aliphatic carboxylic acids is 1. The minimum Gasteiger partial charge on any atom is -0.480 e. The zero-order valence-corrected chi connectivity index (χ0v) is 13.7. The van der Waals surface area contributed by atoms with E-state index in [9.17, 15) is 9.59 Å². The SMILES string of the molecule is CN(C)Cc1ccc(Nc2ccc(C(=O)NCC(=O)O)cc2)cc1. The lowest BCUT2D eigenvalue weighted by Crippen LogP contribution is -2.29. The van der Waals surface area contributed by atoms with Crippen LogP contribution in [0, 0.1) is 0 Å². The molecule has 0 spiro atoms. The molecule has 6 nitrogen and oxygen atoms in total. The zero-order valence-electron chi connectivity index (χ0n) is 13.7. The molecule has 0 saturated heterocycles. The number of carboxylic acid groups (broad SMARTS) is 1. The number of rotatable bonds is 7. The second kappa shape index (κ2) is 8.12. The van der Waals surface area contributed by atoms with Crippen LogP contribution in [0.3, 0.4) is 0 Å². The normalized spacial score (nSPS) is 10.5. The summed E-state index contributed by atoms with van der Waals surface area (Å²) < 4.78 is 0. The van der Waals surface area contributed by atoms with Gasteiger partial charge in [-0.15, -0.1) is 0 Å². The summed E-state index contributed by atoms with van der Waals surface area (Å²) >= 11 is 0. The third-order valence-electron chi connectivity index (χ3n) is 3.29. The van der Waals surface area contributed by atoms with E-state index in [1.807, 2.05) is 26.2 Å². The van der Waals surface area contributed by atoms with Crippen LogP contribution < -0.4 is 10.6 Å². The van der Waals surface area contributed by atoms with Gasteiger partial charge < -0.3 is 20.6 Å². The highest BCUT2D eigenvalue weighted by Gasteiger charge is 2.07. The number of nitrogens with zero attached hydrogens (tertiary/aromatic N) is 1. The van der Waals surface area contributed by atoms with Crippen LogP contribution >= 0.6 is 0 Å². The first-order valence-electron chi connectivity index (χ1n) is 7.55. The Morgan fingerprint density at radius 3 is 2.00 bits per heavy atom. The zero-order chi connectivity index (χ0) is 17.5. The van der Waals surface area contributed by atoms with Gasteiger partial charge in [-0.1, -0.05) is 12.1 Å². The Bertz CT molecular complexity index is 694. The highest BCUT2D eigenvalue weighted by molar-refractivity contribution is 5.96. The molecule has 0 heterocycles. The molecule has 2 aromatic carbocycles. The summed E-state index contributed by atoms with van der Waals surface area (Å²) in [6.45, 7) is 0.499. The van der Waals surface area contributed by atoms with Crippen LogP contribution in [0.2, 0.25) is 0 Å². The summed E-state index contributed by atoms with van der Waals surface area (Å²) in [4.78, 5) is 24.3. The first-order valence-corrected chi connectivity index (χ1v) is 7.55. The number of carbonyl (C=O) groups excluding carboxylic acids is 1. The van der Waals surface area contributed by atoms with Crippen LogP contribution in [0.4, 0.5) is 11.4 Å². The Morgan fingerprint density at radius 1 is 0.958 bits per heavy atom. The van der Waals surface area contributed by atoms with Crippen molar-refractivity contribution in [3.05, 3.63) is 59.7 Å². The van der Waals surface area contributed by atoms with Crippen molar-refractivity contribution in [1.82, 2.24) is 10.2 Å². The molecule has 0 atom stereocenters. The summed E-state index contributed by atoms with van der Waals surface area (Å²) in [7, 11) is 4.06. The lowest BCUT2D eigenvalue weighted by molar-refractivity contribution is -0.135. The third kappa shape index (κ3) is 5.40. The molecule has 126 valence electrons. The number of hydrogen-bond donors (Lipinski definition) is 3. The minimum absolute atomic E-state index is 0.391. The fourth-order valence-corrected chi connectivity index (χ4v) is 2.19. The van der Waals surface area contributed by atoms with Crippen molar-refractivity contribution in [3.8, 4) is 0 Å². The molecule has 2 aromatic rings. The molecule has 0 aliphatic carbocycles. The molecule has 6 heteroatoms. The smallest absolute Gasteiger partial charge is 0.322 e. The number of hydrogen-bond acceptors (Lipinski definition) is 4. The van der Waals surface area contributed by atoms with Gasteiger partial charge in [0, 0.05) is 23.5 Å². The number of benzene rings is 2. The van der Waals surface area contributed by atoms with E-state index in [-0.39, 0.29) is 0 Å². The molecule has 3 N–H and O–H groups in total. The fourth-order valence-electron chi connectivity index (χ4n) is 2.19. The number of amides is 1. The van der Waals surface area contributed by atoms with Gasteiger partial charge in [0.25, 0.3) is 5.91 Å². The summed E-state index contributed by atoms with van der Waals surface area (Å²) in [5.74, 6) is -1.48. The van der Waals surface area contributed by atoms with E-state index in [4.69, 9.17) is 5.11 Å². The Morgan fingerprint density at radius 2 is 1.50 bits per heavy atom. The second-order valence-corrected chi connectivity index (χ2v) is 5.71. The van der Waals surface area contributed by atoms with Gasteiger partial charge in [-0.2, -0.15) is 0 Å². The largest absolute Gasteiger partial charge is 0.480 e. The van der Waals surface area contributed by atoms with Crippen LogP contribution in [0.1, 0.15) is 15.9 Å². The van der Waals surface area contributed by atoms with Gasteiger partial charge in [-0.25, -0.2) is 0 Å². The van der Waals surface area contributed by atoms with Crippen molar-refractivity contribution in [2.45, 2.75) is 6.54 Å². The number of nitrogens with one attached hydrogen (secondary N) is 2. The van der Waals surface area contributed by atoms with Crippen molar-refractivity contribution in [2.24, 2.45) is 0 Å². The molecule has 0 radical (unpaired) electrons. The average Bonchev–Trinajstić information content (AvgIpc) is 2.54. The minimum atomic E-state index is -1.07. The van der Waals surface area contributed by atoms with Crippen LogP contribution in [0.5, 0.6) is 0 Å². The number of anilines is 2. The second-order valence-electron chi connectivity index (χ2n) is 5.71. The predicted molar refractivity (Wildman–Crippen MR) is 93.5 cm³/mol. The van der Waals surface area contributed by atoms with Gasteiger partial charge >= 0.3 is 5.97 Å². The summed E-state index contributed by atoms with van der Waals surface area (Å²) in [5, 5.41) is 14.1. The van der Waals surface area contributed by atoms with E-state index in [0.29, 0.717) is 5.56 Å². The van der Waals surface area contributed by atoms with E-state index < -0.39 is 18.4 Å². The number of carbonyl (C=O) groups is 2.